The zero-order valence-corrected chi connectivity index (χ0v) is 18.0. The van der Waals surface area contributed by atoms with Gasteiger partial charge >= 0.3 is 0 Å². The van der Waals surface area contributed by atoms with Crippen LogP contribution in [0.15, 0.2) is 103 Å². The molecular formula is C30H27N. The van der Waals surface area contributed by atoms with Crippen molar-refractivity contribution in [3.05, 3.63) is 131 Å². The van der Waals surface area contributed by atoms with E-state index in [0.29, 0.717) is 11.5 Å². The van der Waals surface area contributed by atoms with E-state index in [-0.39, 0.29) is 0 Å². The summed E-state index contributed by atoms with van der Waals surface area (Å²) >= 11 is 0. The van der Waals surface area contributed by atoms with Gasteiger partial charge in [0.2, 0.25) is 0 Å². The second kappa shape index (κ2) is 9.92. The number of hydrogen-bond donors (Lipinski definition) is 0. The summed E-state index contributed by atoms with van der Waals surface area (Å²) in [6.07, 6.45) is 3.15. The molecule has 0 fully saturated rings. The molecular weight excluding hydrogens is 374 g/mol. The molecule has 4 aromatic carbocycles. The molecule has 31 heavy (non-hydrogen) atoms. The molecule has 1 nitrogen and oxygen atoms in total. The van der Waals surface area contributed by atoms with Crippen LogP contribution in [0, 0.1) is 11.3 Å². The Hall–Kier alpha value is -3.63. The van der Waals surface area contributed by atoms with Gasteiger partial charge in [-0.15, -0.1) is 0 Å². The molecule has 1 unspecified atom stereocenters. The molecule has 0 saturated heterocycles. The van der Waals surface area contributed by atoms with E-state index in [1.54, 1.807) is 0 Å². The summed E-state index contributed by atoms with van der Waals surface area (Å²) in [5, 5.41) is 8.94. The summed E-state index contributed by atoms with van der Waals surface area (Å²) < 4.78 is 0. The minimum Gasteiger partial charge on any atom is -0.192 e. The third-order valence-corrected chi connectivity index (χ3v) is 5.94. The van der Waals surface area contributed by atoms with Gasteiger partial charge in [0.05, 0.1) is 11.6 Å². The molecule has 1 heteroatoms. The molecule has 0 bridgehead atoms. The van der Waals surface area contributed by atoms with E-state index in [2.05, 4.69) is 91.9 Å². The lowest BCUT2D eigenvalue weighted by Crippen LogP contribution is -1.99. The molecule has 0 amide bonds. The van der Waals surface area contributed by atoms with Crippen molar-refractivity contribution in [2.24, 2.45) is 0 Å². The van der Waals surface area contributed by atoms with Gasteiger partial charge in [-0.2, -0.15) is 5.26 Å². The van der Waals surface area contributed by atoms with Crippen LogP contribution in [-0.4, -0.2) is 0 Å². The van der Waals surface area contributed by atoms with Crippen LogP contribution in [0.1, 0.15) is 40.7 Å². The molecule has 0 N–H and O–H groups in total. The summed E-state index contributed by atoms with van der Waals surface area (Å²) in [6, 6.07) is 38.5. The highest BCUT2D eigenvalue weighted by molar-refractivity contribution is 5.64. The molecule has 4 aromatic rings. The van der Waals surface area contributed by atoms with Crippen molar-refractivity contribution >= 4 is 0 Å². The number of nitriles is 1. The SMILES string of the molecule is CC(Cc1ccc(CCc2ccc(-c3ccc(C#N)cc3)cc2)cc1)c1ccccc1. The fourth-order valence-electron chi connectivity index (χ4n) is 3.98. The molecule has 152 valence electrons. The van der Waals surface area contributed by atoms with Crippen LogP contribution < -0.4 is 0 Å². The first-order valence-corrected chi connectivity index (χ1v) is 10.9. The summed E-state index contributed by atoms with van der Waals surface area (Å²) in [4.78, 5) is 0. The van der Waals surface area contributed by atoms with Gasteiger partial charge in [-0.1, -0.05) is 97.9 Å². The maximum Gasteiger partial charge on any atom is 0.0991 e. The lowest BCUT2D eigenvalue weighted by molar-refractivity contribution is 0.758. The predicted octanol–water partition coefficient (Wildman–Crippen LogP) is 7.36. The van der Waals surface area contributed by atoms with Gasteiger partial charge in [-0.3, -0.25) is 0 Å². The van der Waals surface area contributed by atoms with Gasteiger partial charge < -0.3 is 0 Å². The van der Waals surface area contributed by atoms with Crippen LogP contribution in [0.3, 0.4) is 0 Å². The molecule has 0 aliphatic heterocycles. The second-order valence-electron chi connectivity index (χ2n) is 8.22. The maximum absolute atomic E-state index is 8.94. The van der Waals surface area contributed by atoms with Crippen LogP contribution in [0.25, 0.3) is 11.1 Å². The van der Waals surface area contributed by atoms with Crippen molar-refractivity contribution in [2.45, 2.75) is 32.1 Å². The zero-order chi connectivity index (χ0) is 21.5. The first-order chi connectivity index (χ1) is 15.2. The fraction of sp³-hybridized carbons (Fsp3) is 0.167. The second-order valence-corrected chi connectivity index (χ2v) is 8.22. The number of hydrogen-bond acceptors (Lipinski definition) is 1. The molecule has 0 saturated carbocycles. The lowest BCUT2D eigenvalue weighted by Gasteiger charge is -2.12. The van der Waals surface area contributed by atoms with Crippen LogP contribution in [0.5, 0.6) is 0 Å². The minimum atomic E-state index is 0.529. The Kier molecular flexibility index (Phi) is 6.60. The molecule has 0 spiro atoms. The van der Waals surface area contributed by atoms with E-state index in [4.69, 9.17) is 5.26 Å². The topological polar surface area (TPSA) is 23.8 Å². The molecule has 0 aromatic heterocycles. The summed E-state index contributed by atoms with van der Waals surface area (Å²) in [6.45, 7) is 2.30. The Labute approximate surface area is 185 Å². The van der Waals surface area contributed by atoms with Crippen LogP contribution in [-0.2, 0) is 19.3 Å². The van der Waals surface area contributed by atoms with E-state index in [1.807, 2.05) is 24.3 Å². The average Bonchev–Trinajstić information content (AvgIpc) is 2.84. The fourth-order valence-corrected chi connectivity index (χ4v) is 3.98. The number of aryl methyl sites for hydroxylation is 2. The van der Waals surface area contributed by atoms with E-state index in [1.165, 1.54) is 27.8 Å². The number of rotatable bonds is 7. The third-order valence-electron chi connectivity index (χ3n) is 5.94. The van der Waals surface area contributed by atoms with Gasteiger partial charge in [-0.25, -0.2) is 0 Å². The molecule has 4 rings (SSSR count). The zero-order valence-electron chi connectivity index (χ0n) is 18.0. The monoisotopic (exact) mass is 401 g/mol. The first-order valence-electron chi connectivity index (χ1n) is 10.9. The maximum atomic E-state index is 8.94. The molecule has 1 atom stereocenters. The molecule has 0 radical (unpaired) electrons. The van der Waals surface area contributed by atoms with Crippen LogP contribution >= 0.6 is 0 Å². The van der Waals surface area contributed by atoms with Crippen LogP contribution in [0.2, 0.25) is 0 Å². The van der Waals surface area contributed by atoms with E-state index < -0.39 is 0 Å². The van der Waals surface area contributed by atoms with Crippen molar-refractivity contribution < 1.29 is 0 Å². The largest absolute Gasteiger partial charge is 0.192 e. The van der Waals surface area contributed by atoms with Crippen molar-refractivity contribution in [3.8, 4) is 17.2 Å². The quantitative estimate of drug-likeness (QED) is 0.317. The molecule has 0 aliphatic carbocycles. The number of nitrogens with zero attached hydrogens (tertiary/aromatic N) is 1. The van der Waals surface area contributed by atoms with Gasteiger partial charge in [0, 0.05) is 0 Å². The van der Waals surface area contributed by atoms with Crippen molar-refractivity contribution in [1.29, 1.82) is 5.26 Å². The molecule has 0 heterocycles. The van der Waals surface area contributed by atoms with Gasteiger partial charge in [0.15, 0.2) is 0 Å². The minimum absolute atomic E-state index is 0.529. The van der Waals surface area contributed by atoms with E-state index >= 15 is 0 Å². The highest BCUT2D eigenvalue weighted by Gasteiger charge is 2.06. The van der Waals surface area contributed by atoms with Gasteiger partial charge in [0.1, 0.15) is 0 Å². The summed E-state index contributed by atoms with van der Waals surface area (Å²) in [5.41, 5.74) is 8.55. The van der Waals surface area contributed by atoms with Crippen molar-refractivity contribution in [3.63, 3.8) is 0 Å². The third kappa shape index (κ3) is 5.50. The molecule has 0 aliphatic rings. The Morgan fingerprint density at radius 3 is 1.65 bits per heavy atom. The van der Waals surface area contributed by atoms with Gasteiger partial charge in [0.25, 0.3) is 0 Å². The Morgan fingerprint density at radius 1 is 0.613 bits per heavy atom. The average molecular weight is 402 g/mol. The number of benzene rings is 4. The first kappa shape index (κ1) is 20.6. The Morgan fingerprint density at radius 2 is 1.10 bits per heavy atom. The predicted molar refractivity (Wildman–Crippen MR) is 129 cm³/mol. The smallest absolute Gasteiger partial charge is 0.0991 e. The highest BCUT2D eigenvalue weighted by atomic mass is 14.2. The summed E-state index contributed by atoms with van der Waals surface area (Å²) in [5.74, 6) is 0.529. The van der Waals surface area contributed by atoms with E-state index in [0.717, 1.165) is 24.8 Å². The van der Waals surface area contributed by atoms with Crippen LogP contribution in [0.4, 0.5) is 0 Å². The lowest BCUT2D eigenvalue weighted by atomic mass is 9.93. The van der Waals surface area contributed by atoms with E-state index in [9.17, 15) is 0 Å². The normalized spacial score (nSPS) is 11.6. The van der Waals surface area contributed by atoms with Gasteiger partial charge in [-0.05, 0) is 70.7 Å². The Bertz CT molecular complexity index is 1130. The highest BCUT2D eigenvalue weighted by Crippen LogP contribution is 2.22. The summed E-state index contributed by atoms with van der Waals surface area (Å²) in [7, 11) is 0. The van der Waals surface area contributed by atoms with Crippen molar-refractivity contribution in [1.82, 2.24) is 0 Å². The standard InChI is InChI=1S/C30H27N/c1-23(28-5-3-2-4-6-28)21-26-11-9-24(10-12-26)7-8-25-13-17-29(18-14-25)30-19-15-27(22-31)16-20-30/h2-6,9-20,23H,7-8,21H2,1H3. The van der Waals surface area contributed by atoms with Crippen molar-refractivity contribution in [2.75, 3.05) is 0 Å². The Balaban J connectivity index is 1.32.